The molecule has 2 rings (SSSR count). The summed E-state index contributed by atoms with van der Waals surface area (Å²) in [5.74, 6) is -1.41. The lowest BCUT2D eigenvalue weighted by Crippen LogP contribution is -2.35. The van der Waals surface area contributed by atoms with E-state index in [1.165, 1.54) is 12.3 Å². The third-order valence-corrected chi connectivity index (χ3v) is 3.44. The van der Waals surface area contributed by atoms with Gasteiger partial charge in [0.2, 0.25) is 0 Å². The molecule has 1 aliphatic rings. The quantitative estimate of drug-likeness (QED) is 0.898. The predicted octanol–water partition coefficient (Wildman–Crippen LogP) is 2.54. The fourth-order valence-corrected chi connectivity index (χ4v) is 2.55. The smallest absolute Gasteiger partial charge is 0.338 e. The van der Waals surface area contributed by atoms with Gasteiger partial charge in [0.05, 0.1) is 0 Å². The molecule has 1 aliphatic heterocycles. The molecule has 1 fully saturated rings. The van der Waals surface area contributed by atoms with Gasteiger partial charge < -0.3 is 10.0 Å². The first kappa shape index (κ1) is 12.8. The summed E-state index contributed by atoms with van der Waals surface area (Å²) in [5, 5.41) is 8.92. The summed E-state index contributed by atoms with van der Waals surface area (Å²) < 4.78 is 14.1. The highest BCUT2D eigenvalue weighted by molar-refractivity contribution is 5.88. The predicted molar refractivity (Wildman–Crippen MR) is 66.4 cm³/mol. The molecular weight excluding hydrogens is 235 g/mol. The number of hydrogen-bond acceptors (Lipinski definition) is 3. The zero-order valence-electron chi connectivity index (χ0n) is 10.6. The van der Waals surface area contributed by atoms with Gasteiger partial charge in [0, 0.05) is 18.8 Å². The maximum atomic E-state index is 14.1. The van der Waals surface area contributed by atoms with Gasteiger partial charge in [0.1, 0.15) is 5.56 Å². The van der Waals surface area contributed by atoms with Crippen LogP contribution in [0.5, 0.6) is 0 Å². The third-order valence-electron chi connectivity index (χ3n) is 3.44. The number of carboxylic acids is 1. The molecule has 0 aliphatic carbocycles. The topological polar surface area (TPSA) is 53.4 Å². The normalized spacial score (nSPS) is 19.6. The molecule has 4 nitrogen and oxygen atoms in total. The molecule has 5 heteroatoms. The lowest BCUT2D eigenvalue weighted by atomic mass is 10.0. The van der Waals surface area contributed by atoms with Crippen molar-refractivity contribution in [1.29, 1.82) is 0 Å². The minimum atomic E-state index is -1.25. The number of anilines is 1. The van der Waals surface area contributed by atoms with Crippen molar-refractivity contribution in [3.8, 4) is 0 Å². The molecule has 1 aromatic heterocycles. The molecule has 0 radical (unpaired) electrons. The van der Waals surface area contributed by atoms with E-state index < -0.39 is 11.8 Å². The van der Waals surface area contributed by atoms with E-state index in [2.05, 4.69) is 18.8 Å². The number of carboxylic acid groups (broad SMARTS) is 1. The largest absolute Gasteiger partial charge is 0.478 e. The van der Waals surface area contributed by atoms with E-state index in [4.69, 9.17) is 5.11 Å². The van der Waals surface area contributed by atoms with Crippen LogP contribution >= 0.6 is 0 Å². The van der Waals surface area contributed by atoms with Crippen LogP contribution in [-0.4, -0.2) is 28.6 Å². The summed E-state index contributed by atoms with van der Waals surface area (Å²) in [6.07, 6.45) is 3.34. The third kappa shape index (κ3) is 2.17. The summed E-state index contributed by atoms with van der Waals surface area (Å²) >= 11 is 0. The molecule has 0 amide bonds. The maximum absolute atomic E-state index is 14.1. The maximum Gasteiger partial charge on any atom is 0.338 e. The number of hydrogen-bond donors (Lipinski definition) is 1. The molecule has 1 saturated heterocycles. The Hall–Kier alpha value is -1.65. The standard InChI is InChI=1S/C13H17FN2O2/c1-8(2)10-4-3-7-16(10)12-11(14)9(13(17)18)5-6-15-12/h5-6,8,10H,3-4,7H2,1-2H3,(H,17,18). The van der Waals surface area contributed by atoms with Gasteiger partial charge in [-0.25, -0.2) is 14.2 Å². The Morgan fingerprint density at radius 3 is 2.94 bits per heavy atom. The van der Waals surface area contributed by atoms with Gasteiger partial charge in [-0.05, 0) is 24.8 Å². The zero-order valence-corrected chi connectivity index (χ0v) is 10.6. The van der Waals surface area contributed by atoms with E-state index in [0.29, 0.717) is 5.92 Å². The van der Waals surface area contributed by atoms with E-state index in [1.54, 1.807) is 0 Å². The van der Waals surface area contributed by atoms with E-state index >= 15 is 0 Å². The zero-order chi connectivity index (χ0) is 13.3. The summed E-state index contributed by atoms with van der Waals surface area (Å²) in [6, 6.07) is 1.43. The number of aromatic carboxylic acids is 1. The number of halogens is 1. The number of aromatic nitrogens is 1. The van der Waals surface area contributed by atoms with Crippen LogP contribution in [0.1, 0.15) is 37.0 Å². The first-order valence-electron chi connectivity index (χ1n) is 6.16. The molecule has 0 aromatic carbocycles. The van der Waals surface area contributed by atoms with Crippen LogP contribution in [-0.2, 0) is 0 Å². The van der Waals surface area contributed by atoms with Gasteiger partial charge in [-0.15, -0.1) is 0 Å². The molecule has 2 heterocycles. The number of pyridine rings is 1. The SMILES string of the molecule is CC(C)C1CCCN1c1nccc(C(=O)O)c1F. The minimum Gasteiger partial charge on any atom is -0.478 e. The molecule has 1 unspecified atom stereocenters. The van der Waals surface area contributed by atoms with Crippen molar-refractivity contribution in [2.45, 2.75) is 32.7 Å². The lowest BCUT2D eigenvalue weighted by molar-refractivity contribution is 0.0691. The molecular formula is C13H17FN2O2. The summed E-state index contributed by atoms with van der Waals surface area (Å²) in [7, 11) is 0. The molecule has 1 atom stereocenters. The van der Waals surface area contributed by atoms with Crippen molar-refractivity contribution in [3.05, 3.63) is 23.6 Å². The van der Waals surface area contributed by atoms with Crippen molar-refractivity contribution < 1.29 is 14.3 Å². The highest BCUT2D eigenvalue weighted by Gasteiger charge is 2.31. The van der Waals surface area contributed by atoms with Gasteiger partial charge in [-0.1, -0.05) is 13.8 Å². The van der Waals surface area contributed by atoms with Crippen molar-refractivity contribution in [3.63, 3.8) is 0 Å². The highest BCUT2D eigenvalue weighted by Crippen LogP contribution is 2.30. The Morgan fingerprint density at radius 1 is 1.61 bits per heavy atom. The van der Waals surface area contributed by atoms with E-state index in [0.717, 1.165) is 19.4 Å². The Balaban J connectivity index is 2.39. The monoisotopic (exact) mass is 252 g/mol. The minimum absolute atomic E-state index is 0.172. The van der Waals surface area contributed by atoms with Crippen LogP contribution in [0.3, 0.4) is 0 Å². The summed E-state index contributed by atoms with van der Waals surface area (Å²) in [5.41, 5.74) is -0.311. The number of nitrogens with zero attached hydrogens (tertiary/aromatic N) is 2. The molecule has 18 heavy (non-hydrogen) atoms. The van der Waals surface area contributed by atoms with E-state index in [1.807, 2.05) is 4.90 Å². The first-order valence-corrected chi connectivity index (χ1v) is 6.16. The average Bonchev–Trinajstić information content (AvgIpc) is 2.77. The fourth-order valence-electron chi connectivity index (χ4n) is 2.55. The molecule has 98 valence electrons. The van der Waals surface area contributed by atoms with Crippen LogP contribution in [0, 0.1) is 11.7 Å². The molecule has 1 aromatic rings. The summed E-state index contributed by atoms with van der Waals surface area (Å²) in [4.78, 5) is 16.8. The summed E-state index contributed by atoms with van der Waals surface area (Å²) in [6.45, 7) is 4.90. The van der Waals surface area contributed by atoms with Gasteiger partial charge in [-0.2, -0.15) is 0 Å². The highest BCUT2D eigenvalue weighted by atomic mass is 19.1. The van der Waals surface area contributed by atoms with Crippen LogP contribution in [0.25, 0.3) is 0 Å². The van der Waals surface area contributed by atoms with Gasteiger partial charge in [0.15, 0.2) is 11.6 Å². The van der Waals surface area contributed by atoms with Crippen molar-refractivity contribution in [2.75, 3.05) is 11.4 Å². The van der Waals surface area contributed by atoms with Gasteiger partial charge in [-0.3, -0.25) is 0 Å². The molecule has 1 N–H and O–H groups in total. The Labute approximate surface area is 105 Å². The second kappa shape index (κ2) is 4.92. The van der Waals surface area contributed by atoms with Crippen LogP contribution in [0.2, 0.25) is 0 Å². The Morgan fingerprint density at radius 2 is 2.33 bits per heavy atom. The average molecular weight is 252 g/mol. The number of rotatable bonds is 3. The van der Waals surface area contributed by atoms with Crippen molar-refractivity contribution in [2.24, 2.45) is 5.92 Å². The van der Waals surface area contributed by atoms with Gasteiger partial charge >= 0.3 is 5.97 Å². The van der Waals surface area contributed by atoms with E-state index in [9.17, 15) is 9.18 Å². The first-order chi connectivity index (χ1) is 8.52. The van der Waals surface area contributed by atoms with Crippen molar-refractivity contribution >= 4 is 11.8 Å². The van der Waals surface area contributed by atoms with Crippen LogP contribution in [0.15, 0.2) is 12.3 Å². The molecule has 0 bridgehead atoms. The Kier molecular flexibility index (Phi) is 3.50. The lowest BCUT2D eigenvalue weighted by Gasteiger charge is -2.29. The second-order valence-corrected chi connectivity index (χ2v) is 4.95. The second-order valence-electron chi connectivity index (χ2n) is 4.95. The van der Waals surface area contributed by atoms with Gasteiger partial charge in [0.25, 0.3) is 0 Å². The van der Waals surface area contributed by atoms with E-state index in [-0.39, 0.29) is 17.4 Å². The molecule has 0 spiro atoms. The van der Waals surface area contributed by atoms with Crippen LogP contribution in [0.4, 0.5) is 10.2 Å². The van der Waals surface area contributed by atoms with Crippen molar-refractivity contribution in [1.82, 2.24) is 4.98 Å². The van der Waals surface area contributed by atoms with Crippen LogP contribution < -0.4 is 4.90 Å². The Bertz CT molecular complexity index is 462. The molecule has 0 saturated carbocycles. The number of carbonyl (C=O) groups is 1. The fraction of sp³-hybridized carbons (Fsp3) is 0.538.